The van der Waals surface area contributed by atoms with Crippen LogP contribution in [-0.4, -0.2) is 35.5 Å². The first-order valence-electron chi connectivity index (χ1n) is 5.87. The maximum Gasteiger partial charge on any atom is 0.0293 e. The van der Waals surface area contributed by atoms with Gasteiger partial charge in [-0.25, -0.2) is 0 Å². The predicted molar refractivity (Wildman–Crippen MR) is 70.1 cm³/mol. The van der Waals surface area contributed by atoms with E-state index >= 15 is 0 Å². The molecule has 0 aromatic carbocycles. The van der Waals surface area contributed by atoms with Crippen molar-refractivity contribution in [3.05, 3.63) is 0 Å². The maximum absolute atomic E-state index is 2.72. The van der Waals surface area contributed by atoms with Crippen molar-refractivity contribution in [1.29, 1.82) is 0 Å². The van der Waals surface area contributed by atoms with Crippen LogP contribution < -0.4 is 0 Å². The smallest absolute Gasteiger partial charge is 0.0293 e. The summed E-state index contributed by atoms with van der Waals surface area (Å²) in [5.41, 5.74) is 0. The fourth-order valence-corrected chi connectivity index (χ4v) is 4.54. The zero-order valence-corrected chi connectivity index (χ0v) is 11.1. The molecule has 0 amide bonds. The normalized spacial score (nSPS) is 18.2. The van der Waals surface area contributed by atoms with Crippen LogP contribution in [0.5, 0.6) is 0 Å². The molecule has 1 aliphatic rings. The van der Waals surface area contributed by atoms with Gasteiger partial charge in [0, 0.05) is 17.5 Å². The molecule has 1 rings (SSSR count). The zero-order valence-electron chi connectivity index (χ0n) is 9.50. The Labute approximate surface area is 96.8 Å². The van der Waals surface area contributed by atoms with Gasteiger partial charge in [-0.15, -0.1) is 0 Å². The standard InChI is InChI=1S/C11H23NS2/c1-3-5-7-12(8-6-4-2)11-9-13-14-10-11/h11H,3-10H2,1-2H3. The van der Waals surface area contributed by atoms with Crippen molar-refractivity contribution < 1.29 is 0 Å². The molecule has 0 aromatic heterocycles. The number of nitrogens with zero attached hydrogens (tertiary/aromatic N) is 1. The molecule has 0 saturated carbocycles. The largest absolute Gasteiger partial charge is 0.299 e. The Morgan fingerprint density at radius 1 is 1.00 bits per heavy atom. The summed E-state index contributed by atoms with van der Waals surface area (Å²) < 4.78 is 0. The zero-order chi connectivity index (χ0) is 10.2. The molecule has 1 saturated heterocycles. The molecule has 84 valence electrons. The van der Waals surface area contributed by atoms with E-state index in [2.05, 4.69) is 40.3 Å². The van der Waals surface area contributed by atoms with Gasteiger partial charge in [-0.3, -0.25) is 4.90 Å². The molecule has 1 nitrogen and oxygen atoms in total. The van der Waals surface area contributed by atoms with Gasteiger partial charge in [-0.2, -0.15) is 0 Å². The lowest BCUT2D eigenvalue weighted by atomic mass is 10.2. The molecule has 0 spiro atoms. The van der Waals surface area contributed by atoms with Crippen LogP contribution in [0.4, 0.5) is 0 Å². The first-order chi connectivity index (χ1) is 6.88. The van der Waals surface area contributed by atoms with Gasteiger partial charge in [-0.1, -0.05) is 48.3 Å². The molecule has 0 bridgehead atoms. The Kier molecular flexibility index (Phi) is 7.17. The summed E-state index contributed by atoms with van der Waals surface area (Å²) in [5, 5.41) is 0. The molecule has 0 radical (unpaired) electrons. The molecule has 0 atom stereocenters. The van der Waals surface area contributed by atoms with E-state index in [1.165, 1.54) is 50.3 Å². The SMILES string of the molecule is CCCCN(CCCC)C1CSSC1. The van der Waals surface area contributed by atoms with Crippen molar-refractivity contribution in [3.63, 3.8) is 0 Å². The number of rotatable bonds is 7. The van der Waals surface area contributed by atoms with Crippen LogP contribution in [0.1, 0.15) is 39.5 Å². The molecule has 1 fully saturated rings. The van der Waals surface area contributed by atoms with Crippen LogP contribution in [0.2, 0.25) is 0 Å². The monoisotopic (exact) mass is 233 g/mol. The molecule has 1 aliphatic heterocycles. The molecule has 0 aliphatic carbocycles. The highest BCUT2D eigenvalue weighted by molar-refractivity contribution is 8.77. The molecular formula is C11H23NS2. The second-order valence-electron chi connectivity index (χ2n) is 3.97. The number of hydrogen-bond donors (Lipinski definition) is 0. The second kappa shape index (κ2) is 7.89. The molecule has 14 heavy (non-hydrogen) atoms. The van der Waals surface area contributed by atoms with Gasteiger partial charge in [0.25, 0.3) is 0 Å². The van der Waals surface area contributed by atoms with Crippen molar-refractivity contribution in [2.24, 2.45) is 0 Å². The van der Waals surface area contributed by atoms with E-state index in [-0.39, 0.29) is 0 Å². The molecule has 1 heterocycles. The van der Waals surface area contributed by atoms with Crippen molar-refractivity contribution in [2.75, 3.05) is 24.6 Å². The minimum Gasteiger partial charge on any atom is -0.299 e. The summed E-state index contributed by atoms with van der Waals surface area (Å²) in [4.78, 5) is 2.72. The van der Waals surface area contributed by atoms with Gasteiger partial charge in [0.05, 0.1) is 0 Å². The topological polar surface area (TPSA) is 3.24 Å². The third-order valence-corrected chi connectivity index (χ3v) is 5.24. The van der Waals surface area contributed by atoms with Crippen molar-refractivity contribution in [1.82, 2.24) is 4.90 Å². The second-order valence-corrected chi connectivity index (χ2v) is 6.52. The number of hydrogen-bond acceptors (Lipinski definition) is 3. The molecule has 0 N–H and O–H groups in total. The highest BCUT2D eigenvalue weighted by Gasteiger charge is 2.22. The molecule has 3 heteroatoms. The van der Waals surface area contributed by atoms with Gasteiger partial charge in [0.2, 0.25) is 0 Å². The Hall–Kier alpha value is 0.660. The van der Waals surface area contributed by atoms with E-state index in [0.717, 1.165) is 6.04 Å². The van der Waals surface area contributed by atoms with Gasteiger partial charge < -0.3 is 0 Å². The third kappa shape index (κ3) is 4.45. The van der Waals surface area contributed by atoms with Gasteiger partial charge in [-0.05, 0) is 25.9 Å². The van der Waals surface area contributed by atoms with E-state index in [4.69, 9.17) is 0 Å². The first kappa shape index (κ1) is 12.7. The van der Waals surface area contributed by atoms with Gasteiger partial charge >= 0.3 is 0 Å². The molecule has 0 unspecified atom stereocenters. The van der Waals surface area contributed by atoms with Crippen LogP contribution in [0, 0.1) is 0 Å². The van der Waals surface area contributed by atoms with Crippen molar-refractivity contribution in [2.45, 2.75) is 45.6 Å². The Balaban J connectivity index is 2.26. The fraction of sp³-hybridized carbons (Fsp3) is 1.00. The minimum absolute atomic E-state index is 0.864. The number of unbranched alkanes of at least 4 members (excludes halogenated alkanes) is 2. The summed E-state index contributed by atoms with van der Waals surface area (Å²) in [7, 11) is 4.10. The summed E-state index contributed by atoms with van der Waals surface area (Å²) in [6.07, 6.45) is 5.40. The quantitative estimate of drug-likeness (QED) is 0.618. The third-order valence-electron chi connectivity index (χ3n) is 2.72. The highest BCUT2D eigenvalue weighted by atomic mass is 33.1. The minimum atomic E-state index is 0.864. The highest BCUT2D eigenvalue weighted by Crippen LogP contribution is 2.33. The van der Waals surface area contributed by atoms with Crippen molar-refractivity contribution >= 4 is 21.6 Å². The fourth-order valence-electron chi connectivity index (χ4n) is 1.71. The van der Waals surface area contributed by atoms with Crippen LogP contribution in [0.25, 0.3) is 0 Å². The Morgan fingerprint density at radius 3 is 1.93 bits per heavy atom. The van der Waals surface area contributed by atoms with E-state index in [1.807, 2.05) is 0 Å². The Morgan fingerprint density at radius 2 is 1.50 bits per heavy atom. The lowest BCUT2D eigenvalue weighted by Crippen LogP contribution is -2.38. The summed E-state index contributed by atoms with van der Waals surface area (Å²) in [5.74, 6) is 2.69. The Bertz CT molecular complexity index is 127. The summed E-state index contributed by atoms with van der Waals surface area (Å²) >= 11 is 0. The average molecular weight is 233 g/mol. The van der Waals surface area contributed by atoms with Gasteiger partial charge in [0.1, 0.15) is 0 Å². The van der Waals surface area contributed by atoms with Crippen LogP contribution in [-0.2, 0) is 0 Å². The van der Waals surface area contributed by atoms with E-state index in [1.54, 1.807) is 0 Å². The predicted octanol–water partition coefficient (Wildman–Crippen LogP) is 3.65. The van der Waals surface area contributed by atoms with Crippen LogP contribution in [0.15, 0.2) is 0 Å². The van der Waals surface area contributed by atoms with Crippen LogP contribution >= 0.6 is 21.6 Å². The maximum atomic E-state index is 2.72. The first-order valence-corrected chi connectivity index (χ1v) is 8.35. The van der Waals surface area contributed by atoms with Crippen LogP contribution in [0.3, 0.4) is 0 Å². The van der Waals surface area contributed by atoms with E-state index in [0.29, 0.717) is 0 Å². The summed E-state index contributed by atoms with van der Waals surface area (Å²) in [6.45, 7) is 7.22. The van der Waals surface area contributed by atoms with E-state index in [9.17, 15) is 0 Å². The average Bonchev–Trinajstić information content (AvgIpc) is 2.71. The lowest BCUT2D eigenvalue weighted by molar-refractivity contribution is 0.223. The van der Waals surface area contributed by atoms with E-state index < -0.39 is 0 Å². The van der Waals surface area contributed by atoms with Gasteiger partial charge in [0.15, 0.2) is 0 Å². The summed E-state index contributed by atoms with van der Waals surface area (Å²) in [6, 6.07) is 0.864. The molecular weight excluding hydrogens is 210 g/mol. The van der Waals surface area contributed by atoms with Crippen molar-refractivity contribution in [3.8, 4) is 0 Å². The lowest BCUT2D eigenvalue weighted by Gasteiger charge is -2.27. The molecule has 0 aromatic rings.